The maximum atomic E-state index is 9.76. The van der Waals surface area contributed by atoms with E-state index in [4.69, 9.17) is 10.5 Å². The number of benzene rings is 1. The molecule has 1 aromatic carbocycles. The average Bonchev–Trinajstić information content (AvgIpc) is 2.92. The smallest absolute Gasteiger partial charge is 0.172 e. The number of phenolic OH excluding ortho intramolecular Hbond substituents is 1. The number of rotatable bonds is 4. The van der Waals surface area contributed by atoms with Crippen LogP contribution in [0.5, 0.6) is 11.5 Å². The van der Waals surface area contributed by atoms with Gasteiger partial charge in [0.1, 0.15) is 0 Å². The second-order valence-corrected chi connectivity index (χ2v) is 5.25. The predicted molar refractivity (Wildman–Crippen MR) is 66.8 cm³/mol. The quantitative estimate of drug-likeness (QED) is 0.894. The zero-order chi connectivity index (χ0) is 11.8. The van der Waals surface area contributed by atoms with Gasteiger partial charge in [-0.1, -0.05) is 0 Å². The molecule has 0 unspecified atom stereocenters. The van der Waals surface area contributed by atoms with Crippen LogP contribution in [0.2, 0.25) is 0 Å². The molecule has 88 valence electrons. The molecule has 1 fully saturated rings. The number of nitrogens with two attached hydrogens (primary N) is 1. The summed E-state index contributed by atoms with van der Waals surface area (Å²) < 4.78 is 6.04. The summed E-state index contributed by atoms with van der Waals surface area (Å²) in [6.07, 6.45) is 3.00. The molecule has 0 bridgehead atoms. The van der Waals surface area contributed by atoms with E-state index >= 15 is 0 Å². The van der Waals surface area contributed by atoms with E-state index in [1.165, 1.54) is 0 Å². The van der Waals surface area contributed by atoms with Crippen LogP contribution in [0, 0.1) is 0 Å². The van der Waals surface area contributed by atoms with Crippen LogP contribution in [-0.2, 0) is 6.42 Å². The summed E-state index contributed by atoms with van der Waals surface area (Å²) in [6.45, 7) is 2.43. The number of aromatic hydroxyl groups is 1. The molecule has 3 N–H and O–H groups in total. The lowest BCUT2D eigenvalue weighted by molar-refractivity contribution is 0.316. The normalized spacial score (nSPS) is 17.2. The molecule has 2 rings (SSSR count). The van der Waals surface area contributed by atoms with Crippen LogP contribution in [0.15, 0.2) is 16.6 Å². The number of hydrogen-bond donors (Lipinski definition) is 2. The third-order valence-corrected chi connectivity index (χ3v) is 3.44. The van der Waals surface area contributed by atoms with Crippen molar-refractivity contribution in [2.24, 2.45) is 5.73 Å². The summed E-state index contributed by atoms with van der Waals surface area (Å²) in [5.41, 5.74) is 7.15. The number of halogens is 1. The summed E-state index contributed by atoms with van der Waals surface area (Å²) in [6, 6.07) is 3.78. The molecule has 3 nitrogen and oxygen atoms in total. The van der Waals surface area contributed by atoms with E-state index in [0.29, 0.717) is 16.8 Å². The molecule has 0 amide bonds. The summed E-state index contributed by atoms with van der Waals surface area (Å²) >= 11 is 3.32. The van der Waals surface area contributed by atoms with E-state index in [9.17, 15) is 5.11 Å². The second kappa shape index (κ2) is 4.26. The second-order valence-electron chi connectivity index (χ2n) is 4.40. The van der Waals surface area contributed by atoms with Gasteiger partial charge in [-0.2, -0.15) is 0 Å². The fourth-order valence-electron chi connectivity index (χ4n) is 1.74. The van der Waals surface area contributed by atoms with Crippen molar-refractivity contribution < 1.29 is 9.84 Å². The largest absolute Gasteiger partial charge is 0.503 e. The molecule has 0 atom stereocenters. The van der Waals surface area contributed by atoms with Gasteiger partial charge in [0.25, 0.3) is 0 Å². The van der Waals surface area contributed by atoms with Gasteiger partial charge in [0, 0.05) is 5.54 Å². The lowest BCUT2D eigenvalue weighted by atomic mass is 10.0. The van der Waals surface area contributed by atoms with Crippen LogP contribution in [-0.4, -0.2) is 17.3 Å². The highest BCUT2D eigenvalue weighted by Crippen LogP contribution is 2.40. The van der Waals surface area contributed by atoms with Gasteiger partial charge in [0.2, 0.25) is 0 Å². The molecule has 1 saturated carbocycles. The van der Waals surface area contributed by atoms with Crippen molar-refractivity contribution in [3.05, 3.63) is 22.2 Å². The van der Waals surface area contributed by atoms with Gasteiger partial charge >= 0.3 is 0 Å². The Labute approximate surface area is 104 Å². The van der Waals surface area contributed by atoms with Gasteiger partial charge < -0.3 is 15.6 Å². The van der Waals surface area contributed by atoms with E-state index < -0.39 is 0 Å². The molecule has 1 aliphatic carbocycles. The van der Waals surface area contributed by atoms with Gasteiger partial charge in [-0.3, -0.25) is 0 Å². The van der Waals surface area contributed by atoms with Crippen molar-refractivity contribution in [2.45, 2.75) is 31.7 Å². The maximum Gasteiger partial charge on any atom is 0.172 e. The lowest BCUT2D eigenvalue weighted by Gasteiger charge is -2.13. The molecule has 0 saturated heterocycles. The van der Waals surface area contributed by atoms with Crippen LogP contribution < -0.4 is 10.5 Å². The van der Waals surface area contributed by atoms with Gasteiger partial charge in [-0.05, 0) is 59.8 Å². The van der Waals surface area contributed by atoms with E-state index in [-0.39, 0.29) is 11.3 Å². The Morgan fingerprint density at radius 3 is 2.75 bits per heavy atom. The Balaban J connectivity index is 2.25. The minimum absolute atomic E-state index is 0.0279. The van der Waals surface area contributed by atoms with Crippen LogP contribution in [0.3, 0.4) is 0 Å². The molecular formula is C12H16BrNO2. The van der Waals surface area contributed by atoms with Gasteiger partial charge in [0.05, 0.1) is 11.1 Å². The summed E-state index contributed by atoms with van der Waals surface area (Å²) in [5.74, 6) is 0.684. The SMILES string of the molecule is CCOc1cc(CC2(N)CC2)cc(Br)c1O. The standard InChI is InChI=1S/C12H16BrNO2/c1-2-16-10-6-8(5-9(13)11(10)15)7-12(14)3-4-12/h5-6,15H,2-4,7,14H2,1H3. The molecule has 0 aliphatic heterocycles. The van der Waals surface area contributed by atoms with Crippen molar-refractivity contribution in [3.63, 3.8) is 0 Å². The summed E-state index contributed by atoms with van der Waals surface area (Å²) in [7, 11) is 0. The van der Waals surface area contributed by atoms with Gasteiger partial charge in [-0.15, -0.1) is 0 Å². The Morgan fingerprint density at radius 1 is 1.50 bits per heavy atom. The van der Waals surface area contributed by atoms with E-state index in [1.807, 2.05) is 19.1 Å². The van der Waals surface area contributed by atoms with Crippen molar-refractivity contribution in [1.29, 1.82) is 0 Å². The molecule has 0 heterocycles. The minimum atomic E-state index is -0.0279. The van der Waals surface area contributed by atoms with E-state index in [1.54, 1.807) is 0 Å². The Bertz CT molecular complexity index is 402. The van der Waals surface area contributed by atoms with Crippen molar-refractivity contribution in [3.8, 4) is 11.5 Å². The topological polar surface area (TPSA) is 55.5 Å². The molecule has 16 heavy (non-hydrogen) atoms. The average molecular weight is 286 g/mol. The fraction of sp³-hybridized carbons (Fsp3) is 0.500. The van der Waals surface area contributed by atoms with Gasteiger partial charge in [-0.25, -0.2) is 0 Å². The number of ether oxygens (including phenoxy) is 1. The molecule has 1 aliphatic rings. The Kier molecular flexibility index (Phi) is 3.13. The lowest BCUT2D eigenvalue weighted by Crippen LogP contribution is -2.24. The molecule has 0 aromatic heterocycles. The first-order valence-corrected chi connectivity index (χ1v) is 6.26. The zero-order valence-corrected chi connectivity index (χ0v) is 10.9. The Morgan fingerprint density at radius 2 is 2.19 bits per heavy atom. The fourth-order valence-corrected chi connectivity index (χ4v) is 2.23. The molecular weight excluding hydrogens is 270 g/mol. The van der Waals surface area contributed by atoms with Crippen LogP contribution in [0.4, 0.5) is 0 Å². The van der Waals surface area contributed by atoms with E-state index in [0.717, 1.165) is 24.8 Å². The molecule has 0 radical (unpaired) electrons. The maximum absolute atomic E-state index is 9.76. The Hall–Kier alpha value is -0.740. The zero-order valence-electron chi connectivity index (χ0n) is 9.29. The first-order valence-electron chi connectivity index (χ1n) is 5.47. The number of phenols is 1. The molecule has 4 heteroatoms. The third-order valence-electron chi connectivity index (χ3n) is 2.84. The van der Waals surface area contributed by atoms with E-state index in [2.05, 4.69) is 15.9 Å². The summed E-state index contributed by atoms with van der Waals surface area (Å²) in [4.78, 5) is 0. The summed E-state index contributed by atoms with van der Waals surface area (Å²) in [5, 5.41) is 9.76. The number of hydrogen-bond acceptors (Lipinski definition) is 3. The minimum Gasteiger partial charge on any atom is -0.503 e. The van der Waals surface area contributed by atoms with Gasteiger partial charge in [0.15, 0.2) is 11.5 Å². The highest BCUT2D eigenvalue weighted by molar-refractivity contribution is 9.10. The van der Waals surface area contributed by atoms with Crippen LogP contribution in [0.25, 0.3) is 0 Å². The first-order chi connectivity index (χ1) is 7.54. The predicted octanol–water partition coefficient (Wildman–Crippen LogP) is 2.59. The van der Waals surface area contributed by atoms with Crippen LogP contribution in [0.1, 0.15) is 25.3 Å². The molecule has 0 spiro atoms. The third kappa shape index (κ3) is 2.50. The monoisotopic (exact) mass is 285 g/mol. The van der Waals surface area contributed by atoms with Crippen molar-refractivity contribution in [1.82, 2.24) is 0 Å². The highest BCUT2D eigenvalue weighted by Gasteiger charge is 2.38. The first kappa shape index (κ1) is 11.7. The van der Waals surface area contributed by atoms with Crippen molar-refractivity contribution >= 4 is 15.9 Å². The van der Waals surface area contributed by atoms with Crippen molar-refractivity contribution in [2.75, 3.05) is 6.61 Å². The highest BCUT2D eigenvalue weighted by atomic mass is 79.9. The van der Waals surface area contributed by atoms with Crippen LogP contribution >= 0.6 is 15.9 Å². The molecule has 1 aromatic rings.